The molecule has 8 heteroatoms. The van der Waals surface area contributed by atoms with E-state index in [9.17, 15) is 0 Å². The summed E-state index contributed by atoms with van der Waals surface area (Å²) in [5, 5.41) is 12.9. The summed E-state index contributed by atoms with van der Waals surface area (Å²) in [6.07, 6.45) is 6.69. The lowest BCUT2D eigenvalue weighted by molar-refractivity contribution is 0.216. The molecule has 3 rings (SSSR count). The van der Waals surface area contributed by atoms with Crippen molar-refractivity contribution in [2.24, 2.45) is 17.8 Å². The third kappa shape index (κ3) is 5.77. The lowest BCUT2D eigenvalue weighted by atomic mass is 9.77. The smallest absolute Gasteiger partial charge is 0.225 e. The highest BCUT2D eigenvalue weighted by molar-refractivity contribution is 6.30. The van der Waals surface area contributed by atoms with Crippen molar-refractivity contribution in [3.63, 3.8) is 0 Å². The van der Waals surface area contributed by atoms with E-state index in [1.54, 1.807) is 25.4 Å². The molecule has 0 aliphatic carbocycles. The molecule has 1 aliphatic heterocycles. The summed E-state index contributed by atoms with van der Waals surface area (Å²) in [6.45, 7) is 9.30. The molecule has 1 N–H and O–H groups in total. The van der Waals surface area contributed by atoms with Crippen molar-refractivity contribution in [1.29, 1.82) is 5.26 Å². The molecule has 2 aromatic heterocycles. The van der Waals surface area contributed by atoms with Crippen LogP contribution in [0.4, 0.5) is 11.8 Å². The van der Waals surface area contributed by atoms with Crippen LogP contribution < -0.4 is 10.2 Å². The van der Waals surface area contributed by atoms with Crippen molar-refractivity contribution in [2.75, 3.05) is 29.9 Å². The number of nitriles is 1. The number of nitrogens with zero attached hydrogens (tertiary/aromatic N) is 6. The van der Waals surface area contributed by atoms with E-state index in [2.05, 4.69) is 50.1 Å². The maximum atomic E-state index is 9.04. The Morgan fingerprint density at radius 3 is 2.59 bits per heavy atom. The van der Waals surface area contributed by atoms with Gasteiger partial charge in [-0.2, -0.15) is 5.26 Å². The molecule has 1 aliphatic rings. The average Bonchev–Trinajstić information content (AvgIpc) is 2.73. The molecule has 0 saturated carbocycles. The molecular formula is C21H28ClN7. The van der Waals surface area contributed by atoms with Crippen LogP contribution in [0.1, 0.15) is 44.6 Å². The summed E-state index contributed by atoms with van der Waals surface area (Å²) >= 11 is 5.88. The van der Waals surface area contributed by atoms with Gasteiger partial charge in [0.15, 0.2) is 0 Å². The van der Waals surface area contributed by atoms with Gasteiger partial charge in [0.25, 0.3) is 0 Å². The van der Waals surface area contributed by atoms with Gasteiger partial charge in [-0.25, -0.2) is 19.9 Å². The minimum Gasteiger partial charge on any atom is -0.370 e. The molecule has 2 aromatic rings. The summed E-state index contributed by atoms with van der Waals surface area (Å²) in [6, 6.07) is 3.78. The van der Waals surface area contributed by atoms with E-state index in [0.29, 0.717) is 34.3 Å². The molecule has 0 amide bonds. The number of aromatic nitrogens is 4. The Kier molecular flexibility index (Phi) is 7.21. The predicted molar refractivity (Wildman–Crippen MR) is 115 cm³/mol. The van der Waals surface area contributed by atoms with E-state index in [0.717, 1.165) is 50.7 Å². The molecule has 2 atom stereocenters. The first-order valence-corrected chi connectivity index (χ1v) is 10.6. The Morgan fingerprint density at radius 1 is 1.24 bits per heavy atom. The van der Waals surface area contributed by atoms with E-state index < -0.39 is 0 Å². The molecule has 0 aromatic carbocycles. The Labute approximate surface area is 177 Å². The minimum absolute atomic E-state index is 0.401. The standard InChI is InChI=1S/C21H28ClN7/c1-14(4-7-24-20-10-19(11-23)27-16(3)28-20)15(2)17-5-8-29(9-6-17)21-25-12-18(22)13-26-21/h10,12-15,17H,4-9H2,1-3H3,(H,24,27,28). The Morgan fingerprint density at radius 2 is 1.93 bits per heavy atom. The third-order valence-corrected chi connectivity index (χ3v) is 6.12. The summed E-state index contributed by atoms with van der Waals surface area (Å²) in [4.78, 5) is 19.4. The molecule has 0 radical (unpaired) electrons. The first-order valence-electron chi connectivity index (χ1n) is 10.2. The van der Waals surface area contributed by atoms with Gasteiger partial charge in [0.05, 0.1) is 17.4 Å². The molecule has 3 heterocycles. The maximum absolute atomic E-state index is 9.04. The monoisotopic (exact) mass is 413 g/mol. The first-order chi connectivity index (χ1) is 14.0. The maximum Gasteiger partial charge on any atom is 0.225 e. The Hall–Kier alpha value is -2.46. The van der Waals surface area contributed by atoms with Gasteiger partial charge in [-0.1, -0.05) is 25.4 Å². The zero-order valence-corrected chi connectivity index (χ0v) is 18.0. The van der Waals surface area contributed by atoms with Gasteiger partial charge in [-0.3, -0.25) is 0 Å². The Balaban J connectivity index is 1.45. The van der Waals surface area contributed by atoms with E-state index in [-0.39, 0.29) is 0 Å². The van der Waals surface area contributed by atoms with Gasteiger partial charge in [0, 0.05) is 25.7 Å². The molecule has 2 unspecified atom stereocenters. The lowest BCUT2D eigenvalue weighted by Gasteiger charge is -2.37. The van der Waals surface area contributed by atoms with Crippen molar-refractivity contribution >= 4 is 23.4 Å². The van der Waals surface area contributed by atoms with Gasteiger partial charge >= 0.3 is 0 Å². The van der Waals surface area contributed by atoms with Crippen LogP contribution in [-0.4, -0.2) is 39.6 Å². The van der Waals surface area contributed by atoms with Crippen LogP contribution in [0.2, 0.25) is 5.02 Å². The van der Waals surface area contributed by atoms with Crippen molar-refractivity contribution < 1.29 is 0 Å². The fraction of sp³-hybridized carbons (Fsp3) is 0.571. The number of anilines is 2. The number of piperidine rings is 1. The number of hydrogen-bond acceptors (Lipinski definition) is 7. The van der Waals surface area contributed by atoms with Crippen LogP contribution in [0.25, 0.3) is 0 Å². The first kappa shape index (κ1) is 21.3. The third-order valence-electron chi connectivity index (χ3n) is 5.93. The highest BCUT2D eigenvalue weighted by Crippen LogP contribution is 2.32. The number of hydrogen-bond donors (Lipinski definition) is 1. The van der Waals surface area contributed by atoms with Crippen LogP contribution in [0, 0.1) is 36.0 Å². The molecule has 29 heavy (non-hydrogen) atoms. The zero-order chi connectivity index (χ0) is 20.8. The van der Waals surface area contributed by atoms with Gasteiger partial charge < -0.3 is 10.2 Å². The highest BCUT2D eigenvalue weighted by Gasteiger charge is 2.27. The summed E-state index contributed by atoms with van der Waals surface area (Å²) in [7, 11) is 0. The largest absolute Gasteiger partial charge is 0.370 e. The summed E-state index contributed by atoms with van der Waals surface area (Å²) in [5.74, 6) is 4.07. The normalized spacial score (nSPS) is 16.9. The second-order valence-corrected chi connectivity index (χ2v) is 8.31. The predicted octanol–water partition coefficient (Wildman–Crippen LogP) is 4.09. The molecule has 154 valence electrons. The van der Waals surface area contributed by atoms with Crippen molar-refractivity contribution in [3.05, 3.63) is 35.0 Å². The van der Waals surface area contributed by atoms with Crippen LogP contribution in [0.15, 0.2) is 18.5 Å². The van der Waals surface area contributed by atoms with E-state index in [4.69, 9.17) is 16.9 Å². The lowest BCUT2D eigenvalue weighted by Crippen LogP contribution is -2.38. The number of halogens is 1. The summed E-state index contributed by atoms with van der Waals surface area (Å²) < 4.78 is 0. The fourth-order valence-electron chi connectivity index (χ4n) is 3.96. The fourth-order valence-corrected chi connectivity index (χ4v) is 4.06. The number of rotatable bonds is 7. The topological polar surface area (TPSA) is 90.6 Å². The van der Waals surface area contributed by atoms with Crippen LogP contribution in [-0.2, 0) is 0 Å². The summed E-state index contributed by atoms with van der Waals surface area (Å²) in [5.41, 5.74) is 0.401. The van der Waals surface area contributed by atoms with Gasteiger partial charge in [0.2, 0.25) is 5.95 Å². The molecule has 0 spiro atoms. The van der Waals surface area contributed by atoms with Gasteiger partial charge in [-0.05, 0) is 43.9 Å². The van der Waals surface area contributed by atoms with Gasteiger partial charge in [0.1, 0.15) is 23.4 Å². The molecule has 0 bridgehead atoms. The number of aryl methyl sites for hydroxylation is 1. The van der Waals surface area contributed by atoms with E-state index >= 15 is 0 Å². The van der Waals surface area contributed by atoms with Crippen LogP contribution in [0.3, 0.4) is 0 Å². The molecule has 7 nitrogen and oxygen atoms in total. The SMILES string of the molecule is Cc1nc(C#N)cc(NCCC(C)C(C)C2CCN(c3ncc(Cl)cn3)CC2)n1. The Bertz CT molecular complexity index is 841. The van der Waals surface area contributed by atoms with Crippen molar-refractivity contribution in [2.45, 2.75) is 40.0 Å². The van der Waals surface area contributed by atoms with Crippen LogP contribution in [0.5, 0.6) is 0 Å². The molecular weight excluding hydrogens is 386 g/mol. The number of nitrogens with one attached hydrogen (secondary N) is 1. The molecule has 1 saturated heterocycles. The zero-order valence-electron chi connectivity index (χ0n) is 17.3. The van der Waals surface area contributed by atoms with E-state index in [1.807, 2.05) is 0 Å². The second-order valence-electron chi connectivity index (χ2n) is 7.88. The van der Waals surface area contributed by atoms with Gasteiger partial charge in [-0.15, -0.1) is 0 Å². The second kappa shape index (κ2) is 9.84. The van der Waals surface area contributed by atoms with Crippen molar-refractivity contribution in [3.8, 4) is 6.07 Å². The quantitative estimate of drug-likeness (QED) is 0.730. The van der Waals surface area contributed by atoms with Crippen LogP contribution >= 0.6 is 11.6 Å². The van der Waals surface area contributed by atoms with E-state index in [1.165, 1.54) is 0 Å². The van der Waals surface area contributed by atoms with Crippen molar-refractivity contribution in [1.82, 2.24) is 19.9 Å². The minimum atomic E-state index is 0.401. The highest BCUT2D eigenvalue weighted by atomic mass is 35.5. The molecule has 1 fully saturated rings. The average molecular weight is 414 g/mol.